The van der Waals surface area contributed by atoms with Gasteiger partial charge in [0.1, 0.15) is 0 Å². The standard InChI is InChI=1S/C9H11INO/c1-11(9(10)12)7-8-5-3-2-4-6-8/h2-6,10H,7H2,1H3/q+1. The van der Waals surface area contributed by atoms with E-state index in [1.165, 1.54) is 22.6 Å². The SMILES string of the molecule is CN(Cc1ccccc1)C(=O)[IH+]. The number of carbonyl (C=O) groups is 1. The van der Waals surface area contributed by atoms with Crippen LogP contribution in [0.5, 0.6) is 0 Å². The third kappa shape index (κ3) is 2.81. The smallest absolute Gasteiger partial charge is 0.299 e. The largest absolute Gasteiger partial charge is 0.458 e. The molecule has 1 aromatic rings. The molecular formula is C9H11INO+. The fourth-order valence-electron chi connectivity index (χ4n) is 0.922. The first-order chi connectivity index (χ1) is 5.70. The second kappa shape index (κ2) is 4.45. The van der Waals surface area contributed by atoms with E-state index in [1.807, 2.05) is 30.3 Å². The van der Waals surface area contributed by atoms with Crippen molar-refractivity contribution in [3.63, 3.8) is 0 Å². The molecule has 2 nitrogen and oxygen atoms in total. The minimum atomic E-state index is 0.106. The molecule has 0 aliphatic carbocycles. The van der Waals surface area contributed by atoms with Crippen LogP contribution in [0.15, 0.2) is 30.3 Å². The third-order valence-corrected chi connectivity index (χ3v) is 2.46. The monoisotopic (exact) mass is 276 g/mol. The Kier molecular flexibility index (Phi) is 3.52. The first kappa shape index (κ1) is 9.51. The summed E-state index contributed by atoms with van der Waals surface area (Å²) in [6, 6.07) is 9.95. The molecule has 64 valence electrons. The molecule has 0 fully saturated rings. The minimum absolute atomic E-state index is 0.106. The zero-order valence-corrected chi connectivity index (χ0v) is 9.19. The topological polar surface area (TPSA) is 20.3 Å². The van der Waals surface area contributed by atoms with Gasteiger partial charge in [-0.05, 0) is 5.56 Å². The van der Waals surface area contributed by atoms with Crippen LogP contribution < -0.4 is 22.6 Å². The van der Waals surface area contributed by atoms with Gasteiger partial charge in [-0.2, -0.15) is 0 Å². The summed E-state index contributed by atoms with van der Waals surface area (Å²) in [4.78, 5) is 12.6. The molecule has 0 aliphatic heterocycles. The molecule has 0 saturated heterocycles. The Morgan fingerprint density at radius 3 is 2.50 bits per heavy atom. The Morgan fingerprint density at radius 2 is 2.00 bits per heavy atom. The number of halogens is 1. The van der Waals surface area contributed by atoms with E-state index in [0.717, 1.165) is 5.56 Å². The molecular weight excluding hydrogens is 265 g/mol. The molecule has 1 aromatic carbocycles. The van der Waals surface area contributed by atoms with E-state index in [2.05, 4.69) is 0 Å². The van der Waals surface area contributed by atoms with Gasteiger partial charge in [0.2, 0.25) is 0 Å². The lowest BCUT2D eigenvalue weighted by atomic mass is 10.2. The summed E-state index contributed by atoms with van der Waals surface area (Å²) in [5.74, 6) is 0. The van der Waals surface area contributed by atoms with Gasteiger partial charge in [-0.1, -0.05) is 30.3 Å². The van der Waals surface area contributed by atoms with Gasteiger partial charge in [-0.15, -0.1) is 0 Å². The Labute approximate surface area is 85.7 Å². The van der Waals surface area contributed by atoms with Crippen LogP contribution in [0.4, 0.5) is 4.79 Å². The Morgan fingerprint density at radius 1 is 1.42 bits per heavy atom. The van der Waals surface area contributed by atoms with E-state index in [1.54, 1.807) is 11.9 Å². The van der Waals surface area contributed by atoms with Crippen LogP contribution in [0.25, 0.3) is 0 Å². The number of rotatable bonds is 2. The van der Waals surface area contributed by atoms with E-state index in [-0.39, 0.29) is 3.91 Å². The van der Waals surface area contributed by atoms with Gasteiger partial charge < -0.3 is 0 Å². The van der Waals surface area contributed by atoms with Crippen LogP contribution in [0, 0.1) is 0 Å². The molecule has 1 amide bonds. The lowest BCUT2D eigenvalue weighted by Gasteiger charge is -2.08. The maximum atomic E-state index is 10.9. The second-order valence-electron chi connectivity index (χ2n) is 2.61. The average Bonchev–Trinajstić information content (AvgIpc) is 2.06. The van der Waals surface area contributed by atoms with Gasteiger partial charge in [0.25, 0.3) is 0 Å². The van der Waals surface area contributed by atoms with Gasteiger partial charge in [0.05, 0.1) is 0 Å². The molecule has 0 heterocycles. The Hall–Kier alpha value is -0.580. The van der Waals surface area contributed by atoms with Crippen molar-refractivity contribution >= 4 is 3.91 Å². The van der Waals surface area contributed by atoms with Crippen LogP contribution in [0.1, 0.15) is 5.56 Å². The number of benzene rings is 1. The van der Waals surface area contributed by atoms with E-state index < -0.39 is 0 Å². The molecule has 0 bridgehead atoms. The van der Waals surface area contributed by atoms with Crippen LogP contribution in [0.3, 0.4) is 0 Å². The molecule has 0 N–H and O–H groups in total. The predicted octanol–water partition coefficient (Wildman–Crippen LogP) is -1.48. The summed E-state index contributed by atoms with van der Waals surface area (Å²) in [6.45, 7) is 0.693. The highest BCUT2D eigenvalue weighted by Gasteiger charge is 2.11. The van der Waals surface area contributed by atoms with Crippen LogP contribution >= 0.6 is 0 Å². The second-order valence-corrected chi connectivity index (χ2v) is 3.60. The van der Waals surface area contributed by atoms with Crippen molar-refractivity contribution in [1.82, 2.24) is 4.90 Å². The summed E-state index contributed by atoms with van der Waals surface area (Å²) in [6.07, 6.45) is 0. The molecule has 3 heteroatoms. The number of carbonyl (C=O) groups excluding carboxylic acids is 1. The number of nitrogens with zero attached hydrogens (tertiary/aromatic N) is 1. The van der Waals surface area contributed by atoms with Crippen molar-refractivity contribution in [2.45, 2.75) is 6.54 Å². The van der Waals surface area contributed by atoms with Crippen molar-refractivity contribution in [1.29, 1.82) is 0 Å². The number of amides is 1. The molecule has 12 heavy (non-hydrogen) atoms. The van der Waals surface area contributed by atoms with Gasteiger partial charge in [-0.25, -0.2) is 4.79 Å². The van der Waals surface area contributed by atoms with E-state index in [4.69, 9.17) is 0 Å². The fraction of sp³-hybridized carbons (Fsp3) is 0.222. The molecule has 0 atom stereocenters. The van der Waals surface area contributed by atoms with Crippen LogP contribution in [-0.4, -0.2) is 15.9 Å². The highest BCUT2D eigenvalue weighted by atomic mass is 127. The quantitative estimate of drug-likeness (QED) is 0.367. The lowest BCUT2D eigenvalue weighted by Crippen LogP contribution is -3.39. The van der Waals surface area contributed by atoms with Crippen molar-refractivity contribution < 1.29 is 27.4 Å². The molecule has 0 aliphatic rings. The average molecular weight is 276 g/mol. The Balaban J connectivity index is 2.58. The van der Waals surface area contributed by atoms with Gasteiger partial charge in [0.15, 0.2) is 0 Å². The fourth-order valence-corrected chi connectivity index (χ4v) is 1.11. The molecule has 0 aromatic heterocycles. The third-order valence-electron chi connectivity index (χ3n) is 1.57. The lowest BCUT2D eigenvalue weighted by molar-refractivity contribution is -0.264. The molecule has 1 rings (SSSR count). The van der Waals surface area contributed by atoms with Gasteiger partial charge in [0, 0.05) is 13.6 Å². The van der Waals surface area contributed by atoms with Gasteiger partial charge >= 0.3 is 26.5 Å². The zero-order chi connectivity index (χ0) is 8.97. The van der Waals surface area contributed by atoms with Crippen LogP contribution in [-0.2, 0) is 6.54 Å². The van der Waals surface area contributed by atoms with E-state index >= 15 is 0 Å². The molecule has 0 saturated carbocycles. The highest BCUT2D eigenvalue weighted by molar-refractivity contribution is 5.61. The van der Waals surface area contributed by atoms with Crippen molar-refractivity contribution in [3.8, 4) is 0 Å². The van der Waals surface area contributed by atoms with Crippen molar-refractivity contribution in [2.24, 2.45) is 0 Å². The summed E-state index contributed by atoms with van der Waals surface area (Å²) in [7, 11) is 1.80. The highest BCUT2D eigenvalue weighted by Crippen LogP contribution is 2.00. The maximum Gasteiger partial charge on any atom is 0.458 e. The summed E-state index contributed by atoms with van der Waals surface area (Å²) in [5.41, 5.74) is 1.16. The number of hydrogen-bond acceptors (Lipinski definition) is 1. The minimum Gasteiger partial charge on any atom is -0.299 e. The maximum absolute atomic E-state index is 10.9. The van der Waals surface area contributed by atoms with E-state index in [0.29, 0.717) is 6.54 Å². The van der Waals surface area contributed by atoms with Crippen molar-refractivity contribution in [2.75, 3.05) is 7.05 Å². The van der Waals surface area contributed by atoms with Crippen molar-refractivity contribution in [3.05, 3.63) is 35.9 Å². The summed E-state index contributed by atoms with van der Waals surface area (Å²) < 4.78 is 0.106. The molecule has 0 spiro atoms. The summed E-state index contributed by atoms with van der Waals surface area (Å²) in [5, 5.41) is 0. The normalized spacial score (nSPS) is 9.50. The zero-order valence-electron chi connectivity index (χ0n) is 6.86. The van der Waals surface area contributed by atoms with Crippen LogP contribution in [0.2, 0.25) is 0 Å². The first-order valence-corrected chi connectivity index (χ1v) is 4.82. The van der Waals surface area contributed by atoms with E-state index in [9.17, 15) is 4.79 Å². The molecule has 0 unspecified atom stereocenters. The first-order valence-electron chi connectivity index (χ1n) is 3.66. The summed E-state index contributed by atoms with van der Waals surface area (Å²) >= 11 is 1.50. The number of hydrogen-bond donors (Lipinski definition) is 0. The predicted molar refractivity (Wildman–Crippen MR) is 44.7 cm³/mol. The van der Waals surface area contributed by atoms with Gasteiger partial charge in [-0.3, -0.25) is 4.90 Å². The molecule has 0 radical (unpaired) electrons. The Bertz CT molecular complexity index is 260.